The maximum atomic E-state index is 3.84. The van der Waals surface area contributed by atoms with Crippen molar-refractivity contribution in [1.82, 2.24) is 5.32 Å². The van der Waals surface area contributed by atoms with Gasteiger partial charge >= 0.3 is 0 Å². The van der Waals surface area contributed by atoms with E-state index in [0.29, 0.717) is 11.5 Å². The minimum Gasteiger partial charge on any atom is -0.312 e. The lowest BCUT2D eigenvalue weighted by molar-refractivity contribution is 0.134. The molecule has 18 heavy (non-hydrogen) atoms. The van der Waals surface area contributed by atoms with Crippen LogP contribution in [0.4, 0.5) is 0 Å². The summed E-state index contributed by atoms with van der Waals surface area (Å²) in [6.45, 7) is 11.9. The zero-order valence-corrected chi connectivity index (χ0v) is 13.4. The highest BCUT2D eigenvalue weighted by molar-refractivity contribution is 4.85. The summed E-state index contributed by atoms with van der Waals surface area (Å²) >= 11 is 0. The SMILES string of the molecule is CCCCC(C)NC1CCC(C(C)(C)CC)CC1. The first-order valence-electron chi connectivity index (χ1n) is 8.25. The van der Waals surface area contributed by atoms with Gasteiger partial charge in [-0.05, 0) is 50.4 Å². The van der Waals surface area contributed by atoms with Crippen LogP contribution in [0.2, 0.25) is 0 Å². The van der Waals surface area contributed by atoms with E-state index in [9.17, 15) is 0 Å². The van der Waals surface area contributed by atoms with E-state index in [1.165, 1.54) is 51.4 Å². The van der Waals surface area contributed by atoms with E-state index in [-0.39, 0.29) is 0 Å². The molecule has 1 N–H and O–H groups in total. The Morgan fingerprint density at radius 2 is 1.72 bits per heavy atom. The summed E-state index contributed by atoms with van der Waals surface area (Å²) in [6.07, 6.45) is 11.0. The Morgan fingerprint density at radius 1 is 1.11 bits per heavy atom. The molecule has 1 rings (SSSR count). The van der Waals surface area contributed by atoms with Crippen molar-refractivity contribution in [3.8, 4) is 0 Å². The summed E-state index contributed by atoms with van der Waals surface area (Å²) < 4.78 is 0. The first-order chi connectivity index (χ1) is 8.49. The summed E-state index contributed by atoms with van der Waals surface area (Å²) in [4.78, 5) is 0. The average Bonchev–Trinajstić information content (AvgIpc) is 2.37. The first-order valence-corrected chi connectivity index (χ1v) is 8.25. The molecule has 0 heterocycles. The van der Waals surface area contributed by atoms with E-state index >= 15 is 0 Å². The van der Waals surface area contributed by atoms with Crippen molar-refractivity contribution < 1.29 is 0 Å². The van der Waals surface area contributed by atoms with Crippen LogP contribution in [0.1, 0.15) is 86.0 Å². The fourth-order valence-electron chi connectivity index (χ4n) is 3.33. The summed E-state index contributed by atoms with van der Waals surface area (Å²) in [6, 6.07) is 1.51. The minimum atomic E-state index is 0.554. The third-order valence-corrected chi connectivity index (χ3v) is 5.25. The van der Waals surface area contributed by atoms with Gasteiger partial charge in [0, 0.05) is 12.1 Å². The molecule has 1 fully saturated rings. The molecule has 0 radical (unpaired) electrons. The van der Waals surface area contributed by atoms with Crippen molar-refractivity contribution >= 4 is 0 Å². The van der Waals surface area contributed by atoms with Gasteiger partial charge < -0.3 is 5.32 Å². The van der Waals surface area contributed by atoms with Gasteiger partial charge in [-0.15, -0.1) is 0 Å². The molecule has 0 aliphatic heterocycles. The molecule has 0 bridgehead atoms. The molecule has 1 unspecified atom stereocenters. The second kappa shape index (κ2) is 7.53. The second-order valence-electron chi connectivity index (χ2n) is 7.10. The van der Waals surface area contributed by atoms with Crippen LogP contribution in [-0.2, 0) is 0 Å². The van der Waals surface area contributed by atoms with Crippen molar-refractivity contribution in [2.24, 2.45) is 11.3 Å². The number of hydrogen-bond donors (Lipinski definition) is 1. The quantitative estimate of drug-likeness (QED) is 0.661. The highest BCUT2D eigenvalue weighted by atomic mass is 14.9. The van der Waals surface area contributed by atoms with E-state index in [1.807, 2.05) is 0 Å². The van der Waals surface area contributed by atoms with E-state index < -0.39 is 0 Å². The van der Waals surface area contributed by atoms with Crippen molar-refractivity contribution in [3.63, 3.8) is 0 Å². The Bertz CT molecular complexity index is 214. The molecule has 0 aromatic heterocycles. The van der Waals surface area contributed by atoms with Crippen LogP contribution < -0.4 is 5.32 Å². The minimum absolute atomic E-state index is 0.554. The van der Waals surface area contributed by atoms with Crippen LogP contribution >= 0.6 is 0 Å². The molecule has 0 aromatic carbocycles. The van der Waals surface area contributed by atoms with Crippen molar-refractivity contribution in [2.75, 3.05) is 0 Å². The molecule has 0 spiro atoms. The Hall–Kier alpha value is -0.0400. The number of unbranched alkanes of at least 4 members (excludes halogenated alkanes) is 1. The molecule has 1 saturated carbocycles. The Balaban J connectivity index is 2.27. The zero-order valence-electron chi connectivity index (χ0n) is 13.4. The molecule has 1 aliphatic rings. The topological polar surface area (TPSA) is 12.0 Å². The molecule has 1 aliphatic carbocycles. The lowest BCUT2D eigenvalue weighted by atomic mass is 9.69. The van der Waals surface area contributed by atoms with Crippen molar-refractivity contribution in [2.45, 2.75) is 98.1 Å². The van der Waals surface area contributed by atoms with Gasteiger partial charge in [0.05, 0.1) is 0 Å². The van der Waals surface area contributed by atoms with Gasteiger partial charge in [-0.25, -0.2) is 0 Å². The fraction of sp³-hybridized carbons (Fsp3) is 1.00. The Labute approximate surface area is 115 Å². The molecule has 108 valence electrons. The molecule has 0 saturated heterocycles. The van der Waals surface area contributed by atoms with E-state index in [0.717, 1.165) is 12.0 Å². The molecular formula is C17H35N. The van der Waals surface area contributed by atoms with Crippen LogP contribution in [0.3, 0.4) is 0 Å². The average molecular weight is 253 g/mol. The lowest BCUT2D eigenvalue weighted by Gasteiger charge is -2.39. The molecular weight excluding hydrogens is 218 g/mol. The maximum absolute atomic E-state index is 3.84. The van der Waals surface area contributed by atoms with Crippen molar-refractivity contribution in [3.05, 3.63) is 0 Å². The highest BCUT2D eigenvalue weighted by Crippen LogP contribution is 2.40. The zero-order chi connectivity index (χ0) is 13.6. The van der Waals surface area contributed by atoms with Gasteiger partial charge in [0.1, 0.15) is 0 Å². The van der Waals surface area contributed by atoms with Gasteiger partial charge in [-0.2, -0.15) is 0 Å². The highest BCUT2D eigenvalue weighted by Gasteiger charge is 2.31. The molecule has 0 aromatic rings. The predicted octanol–water partition coefficient (Wildman–Crippen LogP) is 5.15. The fourth-order valence-corrected chi connectivity index (χ4v) is 3.33. The van der Waals surface area contributed by atoms with Crippen LogP contribution in [0.25, 0.3) is 0 Å². The number of rotatable bonds is 7. The van der Waals surface area contributed by atoms with Crippen LogP contribution in [0.15, 0.2) is 0 Å². The van der Waals surface area contributed by atoms with Crippen LogP contribution in [0.5, 0.6) is 0 Å². The van der Waals surface area contributed by atoms with Crippen LogP contribution in [-0.4, -0.2) is 12.1 Å². The third-order valence-electron chi connectivity index (χ3n) is 5.25. The van der Waals surface area contributed by atoms with E-state index in [4.69, 9.17) is 0 Å². The maximum Gasteiger partial charge on any atom is 0.00697 e. The smallest absolute Gasteiger partial charge is 0.00697 e. The Kier molecular flexibility index (Phi) is 6.70. The Morgan fingerprint density at radius 3 is 2.22 bits per heavy atom. The van der Waals surface area contributed by atoms with Gasteiger partial charge in [-0.1, -0.05) is 47.0 Å². The largest absolute Gasteiger partial charge is 0.312 e. The lowest BCUT2D eigenvalue weighted by Crippen LogP contribution is -2.41. The third kappa shape index (κ3) is 4.91. The molecule has 1 nitrogen and oxygen atoms in total. The normalized spacial score (nSPS) is 27.2. The van der Waals surface area contributed by atoms with Gasteiger partial charge in [0.2, 0.25) is 0 Å². The van der Waals surface area contributed by atoms with Crippen molar-refractivity contribution in [1.29, 1.82) is 0 Å². The first kappa shape index (κ1) is 16.0. The van der Waals surface area contributed by atoms with Gasteiger partial charge in [0.25, 0.3) is 0 Å². The second-order valence-corrected chi connectivity index (χ2v) is 7.10. The van der Waals surface area contributed by atoms with Gasteiger partial charge in [0.15, 0.2) is 0 Å². The van der Waals surface area contributed by atoms with Gasteiger partial charge in [-0.3, -0.25) is 0 Å². The summed E-state index contributed by atoms with van der Waals surface area (Å²) in [5, 5.41) is 3.84. The van der Waals surface area contributed by atoms with Crippen LogP contribution in [0, 0.1) is 11.3 Å². The van der Waals surface area contributed by atoms with E-state index in [2.05, 4.69) is 39.9 Å². The number of hydrogen-bond acceptors (Lipinski definition) is 1. The predicted molar refractivity (Wildman–Crippen MR) is 81.9 cm³/mol. The molecule has 1 heteroatoms. The monoisotopic (exact) mass is 253 g/mol. The summed E-state index contributed by atoms with van der Waals surface area (Å²) in [5.74, 6) is 0.950. The molecule has 1 atom stereocenters. The standard InChI is InChI=1S/C17H35N/c1-6-8-9-14(3)18-16-12-10-15(11-13-16)17(4,5)7-2/h14-16,18H,6-13H2,1-5H3. The number of nitrogens with one attached hydrogen (secondary N) is 1. The summed E-state index contributed by atoms with van der Waals surface area (Å²) in [5.41, 5.74) is 0.554. The molecule has 0 amide bonds. The summed E-state index contributed by atoms with van der Waals surface area (Å²) in [7, 11) is 0. The van der Waals surface area contributed by atoms with E-state index in [1.54, 1.807) is 0 Å².